The lowest BCUT2D eigenvalue weighted by molar-refractivity contribution is 0.747. The van der Waals surface area contributed by atoms with Crippen molar-refractivity contribution in [2.24, 2.45) is 5.73 Å². The molecule has 2 N–H and O–H groups in total. The Balaban J connectivity index is 2.41. The van der Waals surface area contributed by atoms with Crippen LogP contribution in [0.5, 0.6) is 0 Å². The zero-order valence-electron chi connectivity index (χ0n) is 8.58. The monoisotopic (exact) mass is 205 g/mol. The molecule has 0 aliphatic heterocycles. The highest BCUT2D eigenvalue weighted by Crippen LogP contribution is 2.27. The Morgan fingerprint density at radius 3 is 2.86 bits per heavy atom. The molecule has 2 heteroatoms. The highest BCUT2D eigenvalue weighted by atomic mass is 32.1. The molecule has 14 heavy (non-hydrogen) atoms. The van der Waals surface area contributed by atoms with Crippen molar-refractivity contribution in [3.8, 4) is 0 Å². The first-order chi connectivity index (χ1) is 6.65. The Morgan fingerprint density at radius 2 is 2.14 bits per heavy atom. The summed E-state index contributed by atoms with van der Waals surface area (Å²) in [4.78, 5) is 1.39. The van der Waals surface area contributed by atoms with E-state index in [1.54, 1.807) is 0 Å². The number of benzene rings is 1. The van der Waals surface area contributed by atoms with Crippen molar-refractivity contribution in [2.45, 2.75) is 26.3 Å². The Kier molecular flexibility index (Phi) is 2.57. The molecule has 0 bridgehead atoms. The van der Waals surface area contributed by atoms with Gasteiger partial charge in [0, 0.05) is 15.6 Å². The molecule has 0 spiro atoms. The first kappa shape index (κ1) is 9.69. The lowest BCUT2D eigenvalue weighted by atomic mass is 10.1. The molecule has 1 heterocycles. The second kappa shape index (κ2) is 3.71. The molecule has 74 valence electrons. The Hall–Kier alpha value is -0.860. The van der Waals surface area contributed by atoms with Gasteiger partial charge >= 0.3 is 0 Å². The molecular formula is C12H15NS. The fourth-order valence-electron chi connectivity index (χ4n) is 1.64. The minimum Gasteiger partial charge on any atom is -0.328 e. The highest BCUT2D eigenvalue weighted by molar-refractivity contribution is 7.19. The van der Waals surface area contributed by atoms with Gasteiger partial charge in [-0.2, -0.15) is 0 Å². The molecule has 0 saturated carbocycles. The van der Waals surface area contributed by atoms with E-state index in [0.29, 0.717) is 0 Å². The van der Waals surface area contributed by atoms with Crippen molar-refractivity contribution in [3.63, 3.8) is 0 Å². The topological polar surface area (TPSA) is 26.0 Å². The van der Waals surface area contributed by atoms with Gasteiger partial charge in [0.1, 0.15) is 0 Å². The fourth-order valence-corrected chi connectivity index (χ4v) is 2.82. The summed E-state index contributed by atoms with van der Waals surface area (Å²) in [5.41, 5.74) is 7.10. The van der Waals surface area contributed by atoms with Crippen LogP contribution in [0.1, 0.15) is 17.4 Å². The number of hydrogen-bond donors (Lipinski definition) is 1. The van der Waals surface area contributed by atoms with E-state index in [1.165, 1.54) is 20.5 Å². The van der Waals surface area contributed by atoms with Gasteiger partial charge in [0.25, 0.3) is 0 Å². The zero-order chi connectivity index (χ0) is 10.1. The van der Waals surface area contributed by atoms with Crippen LogP contribution in [0.15, 0.2) is 24.3 Å². The molecule has 1 unspecified atom stereocenters. The molecule has 2 aromatic rings. The lowest BCUT2D eigenvalue weighted by Crippen LogP contribution is -2.16. The van der Waals surface area contributed by atoms with E-state index in [0.717, 1.165) is 6.42 Å². The number of aryl methyl sites for hydroxylation is 1. The van der Waals surface area contributed by atoms with Crippen LogP contribution in [0, 0.1) is 6.92 Å². The van der Waals surface area contributed by atoms with Crippen LogP contribution in [0.4, 0.5) is 0 Å². The predicted molar refractivity (Wildman–Crippen MR) is 63.9 cm³/mol. The SMILES string of the molecule is Cc1ccc2sc(CC(C)N)cc2c1. The smallest absolute Gasteiger partial charge is 0.0345 e. The zero-order valence-corrected chi connectivity index (χ0v) is 9.40. The largest absolute Gasteiger partial charge is 0.328 e. The summed E-state index contributed by atoms with van der Waals surface area (Å²) in [6.45, 7) is 4.18. The van der Waals surface area contributed by atoms with E-state index in [1.807, 2.05) is 11.3 Å². The van der Waals surface area contributed by atoms with Crippen LogP contribution in [0.3, 0.4) is 0 Å². The summed E-state index contributed by atoms with van der Waals surface area (Å²) in [6.07, 6.45) is 0.985. The van der Waals surface area contributed by atoms with Crippen molar-refractivity contribution in [2.75, 3.05) is 0 Å². The third-order valence-electron chi connectivity index (χ3n) is 2.25. The third kappa shape index (κ3) is 1.97. The second-order valence-corrected chi connectivity index (χ2v) is 5.10. The maximum absolute atomic E-state index is 5.78. The highest BCUT2D eigenvalue weighted by Gasteiger charge is 2.03. The van der Waals surface area contributed by atoms with Crippen LogP contribution < -0.4 is 5.73 Å². The average molecular weight is 205 g/mol. The second-order valence-electron chi connectivity index (χ2n) is 3.94. The molecule has 0 aliphatic rings. The van der Waals surface area contributed by atoms with E-state index >= 15 is 0 Å². The maximum Gasteiger partial charge on any atom is 0.0345 e. The quantitative estimate of drug-likeness (QED) is 0.801. The van der Waals surface area contributed by atoms with E-state index in [4.69, 9.17) is 5.73 Å². The van der Waals surface area contributed by atoms with Gasteiger partial charge < -0.3 is 5.73 Å². The molecule has 1 nitrogen and oxygen atoms in total. The molecule has 1 atom stereocenters. The van der Waals surface area contributed by atoms with E-state index < -0.39 is 0 Å². The summed E-state index contributed by atoms with van der Waals surface area (Å²) in [5, 5.41) is 1.35. The summed E-state index contributed by atoms with van der Waals surface area (Å²) >= 11 is 1.85. The van der Waals surface area contributed by atoms with Crippen LogP contribution in [-0.4, -0.2) is 6.04 Å². The molecule has 1 aromatic heterocycles. The van der Waals surface area contributed by atoms with Crippen molar-refractivity contribution >= 4 is 21.4 Å². The molecule has 0 fully saturated rings. The summed E-state index contributed by atoms with van der Waals surface area (Å²) in [5.74, 6) is 0. The number of thiophene rings is 1. The minimum atomic E-state index is 0.254. The van der Waals surface area contributed by atoms with Gasteiger partial charge in [-0.05, 0) is 37.8 Å². The molecular weight excluding hydrogens is 190 g/mol. The van der Waals surface area contributed by atoms with Gasteiger partial charge in [-0.3, -0.25) is 0 Å². The standard InChI is InChI=1S/C12H15NS/c1-8-3-4-12-10(5-8)7-11(14-12)6-9(2)13/h3-5,7,9H,6,13H2,1-2H3. The minimum absolute atomic E-state index is 0.254. The van der Waals surface area contributed by atoms with Crippen molar-refractivity contribution in [3.05, 3.63) is 34.7 Å². The summed E-state index contributed by atoms with van der Waals surface area (Å²) < 4.78 is 1.37. The average Bonchev–Trinajstić information content (AvgIpc) is 2.44. The van der Waals surface area contributed by atoms with Gasteiger partial charge in [0.2, 0.25) is 0 Å². The number of hydrogen-bond acceptors (Lipinski definition) is 2. The molecule has 0 saturated heterocycles. The number of fused-ring (bicyclic) bond motifs is 1. The molecule has 0 radical (unpaired) electrons. The van der Waals surface area contributed by atoms with E-state index in [2.05, 4.69) is 38.1 Å². The molecule has 2 rings (SSSR count). The third-order valence-corrected chi connectivity index (χ3v) is 3.38. The lowest BCUT2D eigenvalue weighted by Gasteiger charge is -1.99. The van der Waals surface area contributed by atoms with Crippen molar-refractivity contribution in [1.82, 2.24) is 0 Å². The van der Waals surface area contributed by atoms with E-state index in [9.17, 15) is 0 Å². The summed E-state index contributed by atoms with van der Waals surface area (Å²) in [6, 6.07) is 9.10. The molecule has 0 amide bonds. The van der Waals surface area contributed by atoms with Crippen molar-refractivity contribution < 1.29 is 0 Å². The van der Waals surface area contributed by atoms with Gasteiger partial charge in [-0.15, -0.1) is 11.3 Å². The first-order valence-corrected chi connectivity index (χ1v) is 5.71. The predicted octanol–water partition coefficient (Wildman–Crippen LogP) is 3.10. The molecule has 1 aromatic carbocycles. The van der Waals surface area contributed by atoms with Crippen LogP contribution in [0.25, 0.3) is 10.1 Å². The maximum atomic E-state index is 5.78. The van der Waals surface area contributed by atoms with E-state index in [-0.39, 0.29) is 6.04 Å². The van der Waals surface area contributed by atoms with Gasteiger partial charge in [-0.25, -0.2) is 0 Å². The first-order valence-electron chi connectivity index (χ1n) is 4.90. The number of nitrogens with two attached hydrogens (primary N) is 1. The Bertz CT molecular complexity index is 443. The van der Waals surface area contributed by atoms with Crippen LogP contribution >= 0.6 is 11.3 Å². The van der Waals surface area contributed by atoms with Crippen molar-refractivity contribution in [1.29, 1.82) is 0 Å². The normalized spacial score (nSPS) is 13.4. The van der Waals surface area contributed by atoms with Crippen LogP contribution in [0.2, 0.25) is 0 Å². The fraction of sp³-hybridized carbons (Fsp3) is 0.333. The van der Waals surface area contributed by atoms with Gasteiger partial charge in [0.15, 0.2) is 0 Å². The molecule has 0 aliphatic carbocycles. The van der Waals surface area contributed by atoms with Crippen LogP contribution in [-0.2, 0) is 6.42 Å². The van der Waals surface area contributed by atoms with Gasteiger partial charge in [0.05, 0.1) is 0 Å². The Morgan fingerprint density at radius 1 is 1.36 bits per heavy atom. The van der Waals surface area contributed by atoms with Gasteiger partial charge in [-0.1, -0.05) is 17.7 Å². The summed E-state index contributed by atoms with van der Waals surface area (Å²) in [7, 11) is 0. The number of rotatable bonds is 2. The Labute approximate surface area is 88.6 Å².